The Kier molecular flexibility index (Phi) is 4.97. The third kappa shape index (κ3) is 3.43. The highest BCUT2D eigenvalue weighted by Gasteiger charge is 2.22. The summed E-state index contributed by atoms with van der Waals surface area (Å²) in [4.78, 5) is 10.5. The van der Waals surface area contributed by atoms with E-state index in [2.05, 4.69) is 0 Å². The second-order valence-electron chi connectivity index (χ2n) is 2.15. The molecule has 0 rings (SSSR count). The van der Waals surface area contributed by atoms with Crippen molar-refractivity contribution in [3.05, 3.63) is 0 Å². The molecule has 0 saturated heterocycles. The van der Waals surface area contributed by atoms with E-state index in [4.69, 9.17) is 20.4 Å². The fraction of sp³-hybridized carbons (Fsp3) is 0.833. The molecule has 0 heterocycles. The molecule has 0 aromatic carbocycles. The highest BCUT2D eigenvalue weighted by atomic mass is 16.3. The quantitative estimate of drug-likeness (QED) is 0.365. The topological polar surface area (TPSA) is 98.0 Å². The van der Waals surface area contributed by atoms with E-state index in [-0.39, 0.29) is 13.0 Å². The van der Waals surface area contributed by atoms with Crippen LogP contribution in [0.4, 0.5) is 0 Å². The zero-order valence-corrected chi connectivity index (χ0v) is 5.97. The van der Waals surface area contributed by atoms with Crippen LogP contribution in [0.1, 0.15) is 6.42 Å². The summed E-state index contributed by atoms with van der Waals surface area (Å²) in [6.07, 6.45) is -2.96. The van der Waals surface area contributed by atoms with Gasteiger partial charge in [0.05, 0.1) is 6.10 Å². The maximum atomic E-state index is 10.5. The number of rotatable bonds is 5. The molecule has 0 aliphatic rings. The summed E-state index contributed by atoms with van der Waals surface area (Å²) in [5.41, 5.74) is 0. The molecule has 0 saturated carbocycles. The lowest BCUT2D eigenvalue weighted by Gasteiger charge is -2.13. The van der Waals surface area contributed by atoms with Gasteiger partial charge in [-0.15, -0.1) is 0 Å². The van der Waals surface area contributed by atoms with Crippen LogP contribution in [0.5, 0.6) is 0 Å². The highest BCUT2D eigenvalue weighted by molar-refractivity contribution is 5.84. The molecule has 11 heavy (non-hydrogen) atoms. The molecule has 4 N–H and O–H groups in total. The predicted molar refractivity (Wildman–Crippen MR) is 35.8 cm³/mol. The van der Waals surface area contributed by atoms with Crippen molar-refractivity contribution < 1.29 is 25.2 Å². The number of ketones is 1. The van der Waals surface area contributed by atoms with Crippen molar-refractivity contribution in [2.75, 3.05) is 13.2 Å². The van der Waals surface area contributed by atoms with Crippen LogP contribution < -0.4 is 0 Å². The van der Waals surface area contributed by atoms with E-state index in [1.54, 1.807) is 0 Å². The Morgan fingerprint density at radius 2 is 1.82 bits per heavy atom. The summed E-state index contributed by atoms with van der Waals surface area (Å²) in [5, 5.41) is 34.3. The van der Waals surface area contributed by atoms with Gasteiger partial charge in [0.2, 0.25) is 0 Å². The minimum absolute atomic E-state index is 0.0765. The number of aliphatic hydroxyl groups excluding tert-OH is 4. The van der Waals surface area contributed by atoms with Crippen LogP contribution in [-0.4, -0.2) is 51.6 Å². The molecule has 0 fully saturated rings. The van der Waals surface area contributed by atoms with Crippen molar-refractivity contribution in [2.45, 2.75) is 18.6 Å². The molecule has 0 aliphatic heterocycles. The van der Waals surface area contributed by atoms with Gasteiger partial charge < -0.3 is 20.4 Å². The van der Waals surface area contributed by atoms with Gasteiger partial charge in [0.25, 0.3) is 0 Å². The van der Waals surface area contributed by atoms with E-state index in [0.717, 1.165) is 0 Å². The van der Waals surface area contributed by atoms with Gasteiger partial charge in [0.1, 0.15) is 12.7 Å². The Bertz CT molecular complexity index is 124. The largest absolute Gasteiger partial charge is 0.396 e. The Hall–Kier alpha value is -0.490. The van der Waals surface area contributed by atoms with Crippen LogP contribution in [0.3, 0.4) is 0 Å². The average Bonchev–Trinajstić information content (AvgIpc) is 2.02. The molecule has 0 aliphatic carbocycles. The van der Waals surface area contributed by atoms with E-state index >= 15 is 0 Å². The van der Waals surface area contributed by atoms with Gasteiger partial charge in [0, 0.05) is 6.61 Å². The summed E-state index contributed by atoms with van der Waals surface area (Å²) < 4.78 is 0. The van der Waals surface area contributed by atoms with Crippen LogP contribution in [-0.2, 0) is 4.79 Å². The standard InChI is InChI=1S/C6H12O5/c7-2-1-4(9)6(11)5(10)3-8/h4,6-9,11H,1-3H2/t4-,6+/m1/s1. The molecule has 0 aromatic heterocycles. The molecule has 0 spiro atoms. The van der Waals surface area contributed by atoms with Crippen LogP contribution >= 0.6 is 0 Å². The minimum atomic E-state index is -1.59. The van der Waals surface area contributed by atoms with E-state index in [1.807, 2.05) is 0 Å². The minimum Gasteiger partial charge on any atom is -0.396 e. The summed E-state index contributed by atoms with van der Waals surface area (Å²) >= 11 is 0. The first kappa shape index (κ1) is 10.5. The van der Waals surface area contributed by atoms with Gasteiger partial charge in [-0.05, 0) is 6.42 Å². The predicted octanol–water partition coefficient (Wildman–Crippen LogP) is -2.35. The van der Waals surface area contributed by atoms with Gasteiger partial charge in [-0.2, -0.15) is 0 Å². The fourth-order valence-electron chi connectivity index (χ4n) is 0.598. The van der Waals surface area contributed by atoms with Crippen molar-refractivity contribution >= 4 is 5.78 Å². The first-order valence-electron chi connectivity index (χ1n) is 3.24. The number of hydrogen-bond acceptors (Lipinski definition) is 5. The second kappa shape index (κ2) is 5.20. The molecule has 0 amide bonds. The third-order valence-corrected chi connectivity index (χ3v) is 1.28. The van der Waals surface area contributed by atoms with Gasteiger partial charge in [-0.1, -0.05) is 0 Å². The van der Waals surface area contributed by atoms with Crippen LogP contribution in [0.15, 0.2) is 0 Å². The van der Waals surface area contributed by atoms with E-state index < -0.39 is 24.6 Å². The van der Waals surface area contributed by atoms with E-state index in [9.17, 15) is 4.79 Å². The Balaban J connectivity index is 3.80. The number of carbonyl (C=O) groups excluding carboxylic acids is 1. The van der Waals surface area contributed by atoms with Gasteiger partial charge in [-0.25, -0.2) is 0 Å². The Morgan fingerprint density at radius 1 is 1.27 bits per heavy atom. The SMILES string of the molecule is O=C(CO)[C@@H](O)[C@H](O)CCO. The van der Waals surface area contributed by atoms with Crippen molar-refractivity contribution in [1.29, 1.82) is 0 Å². The smallest absolute Gasteiger partial charge is 0.189 e. The third-order valence-electron chi connectivity index (χ3n) is 1.28. The Labute approximate surface area is 63.9 Å². The zero-order chi connectivity index (χ0) is 8.85. The molecule has 0 unspecified atom stereocenters. The lowest BCUT2D eigenvalue weighted by atomic mass is 10.1. The van der Waals surface area contributed by atoms with Crippen LogP contribution in [0, 0.1) is 0 Å². The Morgan fingerprint density at radius 3 is 2.18 bits per heavy atom. The van der Waals surface area contributed by atoms with E-state index in [0.29, 0.717) is 0 Å². The van der Waals surface area contributed by atoms with Gasteiger partial charge in [0.15, 0.2) is 5.78 Å². The number of carbonyl (C=O) groups is 1. The van der Waals surface area contributed by atoms with Crippen molar-refractivity contribution in [3.63, 3.8) is 0 Å². The maximum Gasteiger partial charge on any atom is 0.189 e. The molecule has 5 heteroatoms. The molecule has 5 nitrogen and oxygen atoms in total. The fourth-order valence-corrected chi connectivity index (χ4v) is 0.598. The van der Waals surface area contributed by atoms with Crippen molar-refractivity contribution in [3.8, 4) is 0 Å². The first-order valence-corrected chi connectivity index (χ1v) is 3.24. The maximum absolute atomic E-state index is 10.5. The molecule has 0 aromatic rings. The van der Waals surface area contributed by atoms with Crippen LogP contribution in [0.25, 0.3) is 0 Å². The van der Waals surface area contributed by atoms with Gasteiger partial charge >= 0.3 is 0 Å². The summed E-state index contributed by atoms with van der Waals surface area (Å²) in [7, 11) is 0. The molecule has 66 valence electrons. The molecular formula is C6H12O5. The molecule has 0 bridgehead atoms. The average molecular weight is 164 g/mol. The van der Waals surface area contributed by atoms with Crippen LogP contribution in [0.2, 0.25) is 0 Å². The number of Topliss-reactive ketones (excluding diaryl/α,β-unsaturated/α-hetero) is 1. The normalized spacial score (nSPS) is 16.0. The molecule has 0 radical (unpaired) electrons. The first-order chi connectivity index (χ1) is 5.13. The zero-order valence-electron chi connectivity index (χ0n) is 5.97. The summed E-state index contributed by atoms with van der Waals surface area (Å²) in [5.74, 6) is -0.842. The lowest BCUT2D eigenvalue weighted by molar-refractivity contribution is -0.136. The number of hydrogen-bond donors (Lipinski definition) is 4. The monoisotopic (exact) mass is 164 g/mol. The molecule has 2 atom stereocenters. The number of aliphatic hydroxyl groups is 4. The lowest BCUT2D eigenvalue weighted by Crippen LogP contribution is -2.36. The van der Waals surface area contributed by atoms with Gasteiger partial charge in [-0.3, -0.25) is 4.79 Å². The van der Waals surface area contributed by atoms with E-state index in [1.165, 1.54) is 0 Å². The summed E-state index contributed by atoms with van der Waals surface area (Å²) in [6, 6.07) is 0. The highest BCUT2D eigenvalue weighted by Crippen LogP contribution is 1.98. The van der Waals surface area contributed by atoms with Crippen molar-refractivity contribution in [1.82, 2.24) is 0 Å². The molecular weight excluding hydrogens is 152 g/mol. The second-order valence-corrected chi connectivity index (χ2v) is 2.15. The summed E-state index contributed by atoms with van der Waals surface area (Å²) in [6.45, 7) is -1.11. The van der Waals surface area contributed by atoms with Crippen molar-refractivity contribution in [2.24, 2.45) is 0 Å².